The zero-order valence-corrected chi connectivity index (χ0v) is 21.0. The van der Waals surface area contributed by atoms with E-state index < -0.39 is 5.97 Å². The molecule has 186 valence electrons. The highest BCUT2D eigenvalue weighted by Crippen LogP contribution is 2.36. The predicted molar refractivity (Wildman–Crippen MR) is 148 cm³/mol. The molecule has 4 heteroatoms. The summed E-state index contributed by atoms with van der Waals surface area (Å²) in [4.78, 5) is 15.8. The Hall–Kier alpha value is -3.66. The normalized spacial score (nSPS) is 11.0. The van der Waals surface area contributed by atoms with E-state index in [0.717, 1.165) is 54.9 Å². The predicted octanol–water partition coefficient (Wildman–Crippen LogP) is 8.48. The summed E-state index contributed by atoms with van der Waals surface area (Å²) in [6.07, 6.45) is 9.13. The third-order valence-corrected chi connectivity index (χ3v) is 6.62. The fraction of sp³-hybridized carbons (Fsp3) is 0.312. The largest absolute Gasteiger partial charge is 0.481 e. The van der Waals surface area contributed by atoms with Crippen molar-refractivity contribution in [2.24, 2.45) is 0 Å². The lowest BCUT2D eigenvalue weighted by molar-refractivity contribution is -0.137. The van der Waals surface area contributed by atoms with Crippen LogP contribution < -0.4 is 0 Å². The molecule has 36 heavy (non-hydrogen) atoms. The van der Waals surface area contributed by atoms with Crippen molar-refractivity contribution >= 4 is 5.97 Å². The minimum atomic E-state index is -0.685. The molecule has 0 atom stereocenters. The van der Waals surface area contributed by atoms with Crippen LogP contribution in [-0.2, 0) is 11.3 Å². The molecule has 0 amide bonds. The van der Waals surface area contributed by atoms with Crippen LogP contribution in [0, 0.1) is 0 Å². The van der Waals surface area contributed by atoms with Crippen molar-refractivity contribution in [2.45, 2.75) is 64.3 Å². The first-order valence-electron chi connectivity index (χ1n) is 13.2. The molecule has 0 saturated heterocycles. The Morgan fingerprint density at radius 1 is 0.611 bits per heavy atom. The minimum absolute atomic E-state index is 0.295. The number of benzene rings is 3. The van der Waals surface area contributed by atoms with Crippen LogP contribution in [0.25, 0.3) is 33.9 Å². The van der Waals surface area contributed by atoms with Gasteiger partial charge in [-0.3, -0.25) is 4.79 Å². The summed E-state index contributed by atoms with van der Waals surface area (Å²) in [5.41, 5.74) is 5.67. The average Bonchev–Trinajstić information content (AvgIpc) is 3.30. The molecule has 0 radical (unpaired) electrons. The molecule has 4 aromatic rings. The van der Waals surface area contributed by atoms with E-state index in [0.29, 0.717) is 6.42 Å². The number of unbranched alkanes of at least 4 members (excludes halogenated alkanes) is 7. The first-order valence-corrected chi connectivity index (χ1v) is 13.2. The van der Waals surface area contributed by atoms with Gasteiger partial charge in [0.15, 0.2) is 0 Å². The van der Waals surface area contributed by atoms with E-state index in [4.69, 9.17) is 10.1 Å². The number of hydrogen-bond donors (Lipinski definition) is 1. The van der Waals surface area contributed by atoms with Gasteiger partial charge in [-0.15, -0.1) is 0 Å². The van der Waals surface area contributed by atoms with Crippen molar-refractivity contribution in [2.75, 3.05) is 0 Å². The molecule has 3 aromatic carbocycles. The van der Waals surface area contributed by atoms with E-state index in [2.05, 4.69) is 89.5 Å². The summed E-state index contributed by atoms with van der Waals surface area (Å²) in [6, 6.07) is 31.6. The van der Waals surface area contributed by atoms with Gasteiger partial charge in [-0.05, 0) is 12.8 Å². The fourth-order valence-electron chi connectivity index (χ4n) is 4.77. The van der Waals surface area contributed by atoms with E-state index in [1.54, 1.807) is 0 Å². The highest BCUT2D eigenvalue weighted by atomic mass is 16.4. The Bertz CT molecular complexity index is 1200. The number of carboxylic acids is 1. The van der Waals surface area contributed by atoms with Crippen LogP contribution in [0.2, 0.25) is 0 Å². The standard InChI is InChI=1S/C32H36N2O2/c35-29(36)24-16-5-3-1-2-4-6-17-25-34-31(27-20-12-8-13-21-27)30(26-18-10-7-11-19-26)33-32(34)28-22-14-9-15-23-28/h7-15,18-23H,1-6,16-17,24-25H2,(H,35,36). The highest BCUT2D eigenvalue weighted by molar-refractivity contribution is 5.82. The van der Waals surface area contributed by atoms with Gasteiger partial charge in [0, 0.05) is 29.7 Å². The maximum atomic E-state index is 10.6. The minimum Gasteiger partial charge on any atom is -0.481 e. The number of aromatic nitrogens is 2. The van der Waals surface area contributed by atoms with E-state index in [-0.39, 0.29) is 0 Å². The lowest BCUT2D eigenvalue weighted by Gasteiger charge is -2.14. The Kier molecular flexibility index (Phi) is 9.49. The molecule has 0 spiro atoms. The molecular formula is C32H36N2O2. The van der Waals surface area contributed by atoms with E-state index in [9.17, 15) is 4.79 Å². The smallest absolute Gasteiger partial charge is 0.303 e. The molecular weight excluding hydrogens is 444 g/mol. The number of carboxylic acid groups (broad SMARTS) is 1. The maximum Gasteiger partial charge on any atom is 0.303 e. The molecule has 0 saturated carbocycles. The summed E-state index contributed by atoms with van der Waals surface area (Å²) in [6.45, 7) is 0.924. The second-order valence-corrected chi connectivity index (χ2v) is 9.35. The van der Waals surface area contributed by atoms with Crippen molar-refractivity contribution in [1.82, 2.24) is 9.55 Å². The van der Waals surface area contributed by atoms with Crippen LogP contribution in [0.4, 0.5) is 0 Å². The topological polar surface area (TPSA) is 55.1 Å². The number of rotatable bonds is 14. The van der Waals surface area contributed by atoms with Gasteiger partial charge >= 0.3 is 5.97 Å². The molecule has 1 heterocycles. The van der Waals surface area contributed by atoms with E-state index in [1.807, 2.05) is 6.07 Å². The molecule has 1 aromatic heterocycles. The first-order chi connectivity index (χ1) is 17.7. The number of nitrogens with zero attached hydrogens (tertiary/aromatic N) is 2. The first kappa shape index (κ1) is 25.4. The second kappa shape index (κ2) is 13.4. The molecule has 0 aliphatic carbocycles. The van der Waals surface area contributed by atoms with Gasteiger partial charge in [-0.2, -0.15) is 0 Å². The Morgan fingerprint density at radius 3 is 1.64 bits per heavy atom. The fourth-order valence-corrected chi connectivity index (χ4v) is 4.77. The van der Waals surface area contributed by atoms with Crippen molar-refractivity contribution in [1.29, 1.82) is 0 Å². The summed E-state index contributed by atoms with van der Waals surface area (Å²) in [7, 11) is 0. The molecule has 1 N–H and O–H groups in total. The third-order valence-electron chi connectivity index (χ3n) is 6.62. The molecule has 0 aliphatic rings. The van der Waals surface area contributed by atoms with Crippen LogP contribution in [0.1, 0.15) is 57.8 Å². The van der Waals surface area contributed by atoms with Crippen LogP contribution in [0.3, 0.4) is 0 Å². The zero-order valence-electron chi connectivity index (χ0n) is 21.0. The summed E-state index contributed by atoms with van der Waals surface area (Å²) >= 11 is 0. The summed E-state index contributed by atoms with van der Waals surface area (Å²) in [5, 5.41) is 8.75. The number of carbonyl (C=O) groups is 1. The van der Waals surface area contributed by atoms with Gasteiger partial charge in [-0.25, -0.2) is 4.98 Å². The number of aliphatic carboxylic acids is 1. The van der Waals surface area contributed by atoms with Crippen molar-refractivity contribution < 1.29 is 9.90 Å². The zero-order chi connectivity index (χ0) is 25.0. The molecule has 0 unspecified atom stereocenters. The Morgan fingerprint density at radius 2 is 1.08 bits per heavy atom. The van der Waals surface area contributed by atoms with Gasteiger partial charge in [-0.1, -0.05) is 130 Å². The monoisotopic (exact) mass is 480 g/mol. The van der Waals surface area contributed by atoms with Crippen molar-refractivity contribution in [3.63, 3.8) is 0 Å². The Balaban J connectivity index is 1.51. The number of imidazole rings is 1. The Labute approximate surface area is 214 Å². The molecule has 4 nitrogen and oxygen atoms in total. The van der Waals surface area contributed by atoms with E-state index in [1.165, 1.54) is 36.9 Å². The van der Waals surface area contributed by atoms with Crippen LogP contribution in [0.5, 0.6) is 0 Å². The SMILES string of the molecule is O=C(O)CCCCCCCCCCn1c(-c2ccccc2)nc(-c2ccccc2)c1-c1ccccc1. The van der Waals surface area contributed by atoms with Crippen LogP contribution >= 0.6 is 0 Å². The second-order valence-electron chi connectivity index (χ2n) is 9.35. The van der Waals surface area contributed by atoms with Crippen molar-refractivity contribution in [3.8, 4) is 33.9 Å². The molecule has 4 rings (SSSR count). The van der Waals surface area contributed by atoms with Crippen LogP contribution in [0.15, 0.2) is 91.0 Å². The summed E-state index contributed by atoms with van der Waals surface area (Å²) in [5.74, 6) is 0.335. The van der Waals surface area contributed by atoms with E-state index >= 15 is 0 Å². The summed E-state index contributed by atoms with van der Waals surface area (Å²) < 4.78 is 2.42. The van der Waals surface area contributed by atoms with Gasteiger partial charge in [0.25, 0.3) is 0 Å². The quantitative estimate of drug-likeness (QED) is 0.184. The van der Waals surface area contributed by atoms with Gasteiger partial charge in [0.2, 0.25) is 0 Å². The maximum absolute atomic E-state index is 10.6. The average molecular weight is 481 g/mol. The van der Waals surface area contributed by atoms with Gasteiger partial charge < -0.3 is 9.67 Å². The molecule has 0 fully saturated rings. The third kappa shape index (κ3) is 6.94. The van der Waals surface area contributed by atoms with Gasteiger partial charge in [0.05, 0.1) is 11.4 Å². The van der Waals surface area contributed by atoms with Crippen LogP contribution in [-0.4, -0.2) is 20.6 Å². The molecule has 0 bridgehead atoms. The van der Waals surface area contributed by atoms with Crippen molar-refractivity contribution in [3.05, 3.63) is 91.0 Å². The highest BCUT2D eigenvalue weighted by Gasteiger charge is 2.20. The molecule has 0 aliphatic heterocycles. The lowest BCUT2D eigenvalue weighted by Crippen LogP contribution is -2.03. The van der Waals surface area contributed by atoms with Gasteiger partial charge in [0.1, 0.15) is 5.82 Å². The lowest BCUT2D eigenvalue weighted by atomic mass is 10.0. The number of hydrogen-bond acceptors (Lipinski definition) is 2.